The molecular formula is C26H35F3N2O2. The number of hydrogen-bond donors (Lipinski definition) is 1. The molecule has 1 amide bonds. The first-order chi connectivity index (χ1) is 15.6. The molecule has 1 heterocycles. The van der Waals surface area contributed by atoms with Crippen LogP contribution in [0, 0.1) is 5.41 Å². The number of benzene rings is 2. The van der Waals surface area contributed by atoms with Crippen LogP contribution < -0.4 is 10.2 Å². The van der Waals surface area contributed by atoms with Crippen LogP contribution in [0.3, 0.4) is 0 Å². The lowest BCUT2D eigenvalue weighted by atomic mass is 9.93. The van der Waals surface area contributed by atoms with Crippen molar-refractivity contribution >= 4 is 16.7 Å². The number of hydrazine groups is 1. The van der Waals surface area contributed by atoms with Crippen molar-refractivity contribution in [2.45, 2.75) is 77.9 Å². The van der Waals surface area contributed by atoms with Crippen molar-refractivity contribution in [3.8, 4) is 5.75 Å². The van der Waals surface area contributed by atoms with Gasteiger partial charge in [0.1, 0.15) is 5.75 Å². The number of fused-ring (bicyclic) bond motifs is 1. The van der Waals surface area contributed by atoms with Crippen LogP contribution in [0.5, 0.6) is 5.75 Å². The second-order valence-electron chi connectivity index (χ2n) is 9.57. The Bertz CT molecular complexity index is 943. The zero-order chi connectivity index (χ0) is 24.1. The van der Waals surface area contributed by atoms with Gasteiger partial charge in [0.2, 0.25) is 5.91 Å². The van der Waals surface area contributed by atoms with Crippen molar-refractivity contribution in [3.63, 3.8) is 0 Å². The standard InChI is InChI=1S/C26H35F3N2O2/c1-4-5-6-7-8-9-12-17-33-22-16-15-21(19-13-10-11-14-20(19)22)23(26(27,28)29)31-18-25(2,3)24(32)30-31/h10-11,13-16,23H,4-9,12,17-18H2,1-3H3,(H,30,32). The van der Waals surface area contributed by atoms with Crippen LogP contribution in [-0.4, -0.2) is 30.2 Å². The average Bonchev–Trinajstić information content (AvgIpc) is 3.02. The number of carbonyl (C=O) groups is 1. The molecule has 0 aliphatic carbocycles. The summed E-state index contributed by atoms with van der Waals surface area (Å²) < 4.78 is 48.7. The van der Waals surface area contributed by atoms with Crippen LogP contribution in [0.15, 0.2) is 36.4 Å². The summed E-state index contributed by atoms with van der Waals surface area (Å²) in [6, 6.07) is 8.18. The van der Waals surface area contributed by atoms with Crippen molar-refractivity contribution in [2.24, 2.45) is 5.41 Å². The molecule has 1 atom stereocenters. The molecule has 2 aromatic rings. The molecule has 1 aliphatic heterocycles. The fourth-order valence-electron chi connectivity index (χ4n) is 4.40. The molecule has 0 aromatic heterocycles. The van der Waals surface area contributed by atoms with E-state index in [2.05, 4.69) is 12.3 Å². The van der Waals surface area contributed by atoms with Crippen LogP contribution in [0.2, 0.25) is 0 Å². The predicted molar refractivity (Wildman–Crippen MR) is 125 cm³/mol. The highest BCUT2D eigenvalue weighted by Crippen LogP contribution is 2.44. The minimum absolute atomic E-state index is 0.0269. The molecule has 182 valence electrons. The number of hydrogen-bond acceptors (Lipinski definition) is 3. The van der Waals surface area contributed by atoms with Crippen LogP contribution in [0.4, 0.5) is 13.2 Å². The Kier molecular flexibility index (Phi) is 8.27. The van der Waals surface area contributed by atoms with Gasteiger partial charge in [0.15, 0.2) is 6.04 Å². The molecule has 4 nitrogen and oxygen atoms in total. The predicted octanol–water partition coefficient (Wildman–Crippen LogP) is 6.95. The third-order valence-electron chi connectivity index (χ3n) is 6.27. The first kappa shape index (κ1) is 25.3. The van der Waals surface area contributed by atoms with Gasteiger partial charge >= 0.3 is 6.18 Å². The molecule has 7 heteroatoms. The fourth-order valence-corrected chi connectivity index (χ4v) is 4.40. The number of alkyl halides is 3. The molecule has 0 bridgehead atoms. The molecule has 1 fully saturated rings. The van der Waals surface area contributed by atoms with Gasteiger partial charge in [-0.05, 0) is 37.3 Å². The smallest absolute Gasteiger partial charge is 0.409 e. The molecular weight excluding hydrogens is 429 g/mol. The lowest BCUT2D eigenvalue weighted by molar-refractivity contribution is -0.191. The van der Waals surface area contributed by atoms with Crippen LogP contribution in [0.25, 0.3) is 10.8 Å². The van der Waals surface area contributed by atoms with Gasteiger partial charge in [0.05, 0.1) is 12.0 Å². The number of unbranched alkanes of at least 4 members (excludes halogenated alkanes) is 6. The van der Waals surface area contributed by atoms with E-state index in [1.807, 2.05) is 0 Å². The molecule has 1 unspecified atom stereocenters. The molecule has 3 rings (SSSR count). The largest absolute Gasteiger partial charge is 0.493 e. The van der Waals surface area contributed by atoms with E-state index in [0.717, 1.165) is 17.9 Å². The maximum absolute atomic E-state index is 14.2. The van der Waals surface area contributed by atoms with Gasteiger partial charge in [-0.3, -0.25) is 10.2 Å². The van der Waals surface area contributed by atoms with E-state index >= 15 is 0 Å². The number of rotatable bonds is 11. The summed E-state index contributed by atoms with van der Waals surface area (Å²) in [4.78, 5) is 12.2. The van der Waals surface area contributed by atoms with Crippen molar-refractivity contribution < 1.29 is 22.7 Å². The molecule has 2 aromatic carbocycles. The van der Waals surface area contributed by atoms with Gasteiger partial charge in [0, 0.05) is 11.9 Å². The Morgan fingerprint density at radius 2 is 1.64 bits per heavy atom. The third kappa shape index (κ3) is 6.19. The van der Waals surface area contributed by atoms with E-state index in [0.29, 0.717) is 23.1 Å². The number of ether oxygens (including phenoxy) is 1. The number of halogens is 3. The molecule has 0 radical (unpaired) electrons. The maximum atomic E-state index is 14.2. The van der Waals surface area contributed by atoms with Gasteiger partial charge in [-0.1, -0.05) is 75.8 Å². The minimum atomic E-state index is -4.56. The molecule has 1 aliphatic rings. The zero-order valence-electron chi connectivity index (χ0n) is 19.8. The Labute approximate surface area is 194 Å². The van der Waals surface area contributed by atoms with Crippen LogP contribution >= 0.6 is 0 Å². The van der Waals surface area contributed by atoms with Crippen LogP contribution in [0.1, 0.15) is 77.3 Å². The summed E-state index contributed by atoms with van der Waals surface area (Å²) in [7, 11) is 0. The Hall–Kier alpha value is -2.28. The summed E-state index contributed by atoms with van der Waals surface area (Å²) in [5, 5.41) is 2.15. The lowest BCUT2D eigenvalue weighted by Crippen LogP contribution is -2.43. The molecule has 1 saturated heterocycles. The molecule has 0 saturated carbocycles. The second-order valence-corrected chi connectivity index (χ2v) is 9.57. The molecule has 1 N–H and O–H groups in total. The Morgan fingerprint density at radius 3 is 2.24 bits per heavy atom. The summed E-state index contributed by atoms with van der Waals surface area (Å²) in [6.07, 6.45) is 3.61. The fraction of sp³-hybridized carbons (Fsp3) is 0.577. The normalized spacial score (nSPS) is 17.3. The average molecular weight is 465 g/mol. The summed E-state index contributed by atoms with van der Waals surface area (Å²) in [5.74, 6) is 0.183. The van der Waals surface area contributed by atoms with E-state index in [1.54, 1.807) is 44.2 Å². The highest BCUT2D eigenvalue weighted by Gasteiger charge is 2.51. The van der Waals surface area contributed by atoms with Crippen LogP contribution in [-0.2, 0) is 4.79 Å². The van der Waals surface area contributed by atoms with Crippen molar-refractivity contribution in [1.29, 1.82) is 0 Å². The number of nitrogens with one attached hydrogen (secondary N) is 1. The van der Waals surface area contributed by atoms with E-state index in [1.165, 1.54) is 38.2 Å². The van der Waals surface area contributed by atoms with E-state index < -0.39 is 23.5 Å². The van der Waals surface area contributed by atoms with Crippen molar-refractivity contribution in [1.82, 2.24) is 10.4 Å². The summed E-state index contributed by atoms with van der Waals surface area (Å²) in [5.41, 5.74) is 1.66. The molecule has 33 heavy (non-hydrogen) atoms. The number of nitrogens with zero attached hydrogens (tertiary/aromatic N) is 1. The number of carbonyl (C=O) groups excluding carboxylic acids is 1. The van der Waals surface area contributed by atoms with E-state index in [9.17, 15) is 18.0 Å². The van der Waals surface area contributed by atoms with E-state index in [-0.39, 0.29) is 12.1 Å². The topological polar surface area (TPSA) is 41.6 Å². The minimum Gasteiger partial charge on any atom is -0.493 e. The Balaban J connectivity index is 1.78. The van der Waals surface area contributed by atoms with Crippen molar-refractivity contribution in [2.75, 3.05) is 13.2 Å². The van der Waals surface area contributed by atoms with Gasteiger partial charge < -0.3 is 4.74 Å². The maximum Gasteiger partial charge on any atom is 0.409 e. The monoisotopic (exact) mass is 464 g/mol. The molecule has 0 spiro atoms. The SMILES string of the molecule is CCCCCCCCCOc1ccc(C(N2CC(C)(C)C(=O)N2)C(F)(F)F)c2ccccc12. The summed E-state index contributed by atoms with van der Waals surface area (Å²) >= 11 is 0. The second kappa shape index (κ2) is 10.8. The van der Waals surface area contributed by atoms with Gasteiger partial charge in [-0.25, -0.2) is 5.01 Å². The van der Waals surface area contributed by atoms with Gasteiger partial charge in [-0.2, -0.15) is 13.2 Å². The van der Waals surface area contributed by atoms with Gasteiger partial charge in [-0.15, -0.1) is 0 Å². The Morgan fingerprint density at radius 1 is 1.00 bits per heavy atom. The quantitative estimate of drug-likeness (QED) is 0.366. The number of amides is 1. The van der Waals surface area contributed by atoms with Crippen molar-refractivity contribution in [3.05, 3.63) is 42.0 Å². The summed E-state index contributed by atoms with van der Waals surface area (Å²) in [6.45, 7) is 6.00. The first-order valence-corrected chi connectivity index (χ1v) is 11.9. The third-order valence-corrected chi connectivity index (χ3v) is 6.27. The highest BCUT2D eigenvalue weighted by molar-refractivity contribution is 5.91. The zero-order valence-corrected chi connectivity index (χ0v) is 19.8. The first-order valence-electron chi connectivity index (χ1n) is 11.9. The van der Waals surface area contributed by atoms with Gasteiger partial charge in [0.25, 0.3) is 0 Å². The van der Waals surface area contributed by atoms with E-state index in [4.69, 9.17) is 4.74 Å². The lowest BCUT2D eigenvalue weighted by Gasteiger charge is -2.31. The highest BCUT2D eigenvalue weighted by atomic mass is 19.4.